The molecular formula is C18H16N4O2. The molecule has 0 atom stereocenters. The van der Waals surface area contributed by atoms with Gasteiger partial charge in [-0.2, -0.15) is 5.10 Å². The average Bonchev–Trinajstić information content (AvgIpc) is 3.17. The number of fused-ring (bicyclic) bond motifs is 1. The van der Waals surface area contributed by atoms with Crippen molar-refractivity contribution in [1.82, 2.24) is 15.2 Å². The molecule has 6 heteroatoms. The van der Waals surface area contributed by atoms with Crippen LogP contribution in [0, 0.1) is 6.92 Å². The van der Waals surface area contributed by atoms with Gasteiger partial charge >= 0.3 is 5.76 Å². The Bertz CT molecular complexity index is 1060. The van der Waals surface area contributed by atoms with E-state index in [-0.39, 0.29) is 0 Å². The predicted molar refractivity (Wildman–Crippen MR) is 92.9 cm³/mol. The molecule has 0 amide bonds. The number of aromatic nitrogens is 3. The van der Waals surface area contributed by atoms with Gasteiger partial charge in [0.1, 0.15) is 0 Å². The predicted octanol–water partition coefficient (Wildman–Crippen LogP) is 3.43. The Morgan fingerprint density at radius 1 is 1.21 bits per heavy atom. The molecule has 4 rings (SSSR count). The highest BCUT2D eigenvalue weighted by atomic mass is 16.4. The Hall–Kier alpha value is -3.28. The van der Waals surface area contributed by atoms with Gasteiger partial charge in [0, 0.05) is 23.4 Å². The summed E-state index contributed by atoms with van der Waals surface area (Å²) in [5.74, 6) is -0.446. The van der Waals surface area contributed by atoms with Crippen LogP contribution < -0.4 is 11.1 Å². The maximum atomic E-state index is 11.2. The fraction of sp³-hybridized carbons (Fsp3) is 0.111. The molecule has 0 saturated carbocycles. The number of hydrogen-bond donors (Lipinski definition) is 3. The van der Waals surface area contributed by atoms with Crippen LogP contribution in [0.4, 0.5) is 5.69 Å². The van der Waals surface area contributed by atoms with Gasteiger partial charge in [-0.3, -0.25) is 10.1 Å². The molecule has 4 aromatic rings. The third-order valence-electron chi connectivity index (χ3n) is 3.93. The lowest BCUT2D eigenvalue weighted by atomic mass is 10.1. The summed E-state index contributed by atoms with van der Waals surface area (Å²) in [6, 6.07) is 13.8. The highest BCUT2D eigenvalue weighted by Crippen LogP contribution is 2.23. The topological polar surface area (TPSA) is 86.7 Å². The van der Waals surface area contributed by atoms with Gasteiger partial charge in [-0.25, -0.2) is 4.79 Å². The largest absolute Gasteiger partial charge is 0.417 e. The highest BCUT2D eigenvalue weighted by molar-refractivity contribution is 5.77. The van der Waals surface area contributed by atoms with E-state index < -0.39 is 5.76 Å². The standard InChI is InChI=1S/C18H16N4O2/c1-11-3-2-4-12(7-11)17-13(10-20-22-17)9-19-14-5-6-16-15(8-14)21-18(23)24-16/h2-8,10,19H,9H2,1H3,(H,20,22)(H,21,23). The highest BCUT2D eigenvalue weighted by Gasteiger charge is 2.08. The molecule has 2 aromatic heterocycles. The zero-order valence-corrected chi connectivity index (χ0v) is 13.1. The number of aryl methyl sites for hydroxylation is 1. The van der Waals surface area contributed by atoms with Crippen LogP contribution in [0.2, 0.25) is 0 Å². The molecule has 24 heavy (non-hydrogen) atoms. The van der Waals surface area contributed by atoms with Crippen molar-refractivity contribution in [1.29, 1.82) is 0 Å². The second kappa shape index (κ2) is 5.73. The number of anilines is 1. The average molecular weight is 320 g/mol. The van der Waals surface area contributed by atoms with Crippen LogP contribution in [-0.2, 0) is 6.54 Å². The molecule has 0 spiro atoms. The van der Waals surface area contributed by atoms with E-state index in [1.807, 2.05) is 24.4 Å². The number of oxazole rings is 1. The SMILES string of the molecule is Cc1cccc(-c2[nH]ncc2CNc2ccc3oc(=O)[nH]c3c2)c1. The summed E-state index contributed by atoms with van der Waals surface area (Å²) < 4.78 is 5.01. The summed E-state index contributed by atoms with van der Waals surface area (Å²) >= 11 is 0. The molecule has 0 saturated heterocycles. The van der Waals surface area contributed by atoms with E-state index >= 15 is 0 Å². The Morgan fingerprint density at radius 3 is 3.00 bits per heavy atom. The summed E-state index contributed by atoms with van der Waals surface area (Å²) in [7, 11) is 0. The van der Waals surface area contributed by atoms with Crippen LogP contribution in [0.25, 0.3) is 22.4 Å². The number of nitrogens with one attached hydrogen (secondary N) is 3. The van der Waals surface area contributed by atoms with Crippen LogP contribution in [0.3, 0.4) is 0 Å². The Labute approximate surface area is 137 Å². The van der Waals surface area contributed by atoms with Crippen molar-refractivity contribution in [3.05, 3.63) is 70.3 Å². The minimum Gasteiger partial charge on any atom is -0.408 e. The lowest BCUT2D eigenvalue weighted by Crippen LogP contribution is -2.00. The van der Waals surface area contributed by atoms with Crippen molar-refractivity contribution >= 4 is 16.8 Å². The van der Waals surface area contributed by atoms with Crippen molar-refractivity contribution in [2.45, 2.75) is 13.5 Å². The first-order valence-corrected chi connectivity index (χ1v) is 7.65. The first-order chi connectivity index (χ1) is 11.7. The first kappa shape index (κ1) is 14.3. The van der Waals surface area contributed by atoms with E-state index in [0.717, 1.165) is 22.5 Å². The Kier molecular flexibility index (Phi) is 3.42. The molecule has 0 bridgehead atoms. The second-order valence-corrected chi connectivity index (χ2v) is 5.72. The minimum absolute atomic E-state index is 0.446. The Balaban J connectivity index is 1.57. The summed E-state index contributed by atoms with van der Waals surface area (Å²) in [5, 5.41) is 10.6. The second-order valence-electron chi connectivity index (χ2n) is 5.72. The molecule has 0 unspecified atom stereocenters. The van der Waals surface area contributed by atoms with Crippen LogP contribution >= 0.6 is 0 Å². The number of rotatable bonds is 4. The van der Waals surface area contributed by atoms with Crippen LogP contribution in [0.15, 0.2) is 57.9 Å². The van der Waals surface area contributed by atoms with Gasteiger partial charge < -0.3 is 9.73 Å². The van der Waals surface area contributed by atoms with Crippen molar-refractivity contribution < 1.29 is 4.42 Å². The van der Waals surface area contributed by atoms with E-state index in [4.69, 9.17) is 4.42 Å². The smallest absolute Gasteiger partial charge is 0.408 e. The molecule has 0 aliphatic heterocycles. The van der Waals surface area contributed by atoms with Gasteiger partial charge in [0.05, 0.1) is 17.4 Å². The lowest BCUT2D eigenvalue weighted by Gasteiger charge is -2.07. The molecule has 3 N–H and O–H groups in total. The molecule has 0 radical (unpaired) electrons. The fourth-order valence-corrected chi connectivity index (χ4v) is 2.75. The quantitative estimate of drug-likeness (QED) is 0.537. The minimum atomic E-state index is -0.446. The maximum Gasteiger partial charge on any atom is 0.417 e. The maximum absolute atomic E-state index is 11.2. The number of H-pyrrole nitrogens is 2. The summed E-state index contributed by atoms with van der Waals surface area (Å²) in [6.07, 6.45) is 1.82. The first-order valence-electron chi connectivity index (χ1n) is 7.65. The van der Waals surface area contributed by atoms with Crippen molar-refractivity contribution in [3.8, 4) is 11.3 Å². The van der Waals surface area contributed by atoms with Gasteiger partial charge in [0.15, 0.2) is 5.58 Å². The molecule has 2 heterocycles. The zero-order valence-electron chi connectivity index (χ0n) is 13.1. The number of benzene rings is 2. The molecule has 0 aliphatic rings. The van der Waals surface area contributed by atoms with E-state index in [1.165, 1.54) is 5.56 Å². The van der Waals surface area contributed by atoms with Gasteiger partial charge in [0.25, 0.3) is 0 Å². The van der Waals surface area contributed by atoms with Gasteiger partial charge in [-0.15, -0.1) is 0 Å². The fourth-order valence-electron chi connectivity index (χ4n) is 2.75. The van der Waals surface area contributed by atoms with Crippen LogP contribution in [0.5, 0.6) is 0 Å². The summed E-state index contributed by atoms with van der Waals surface area (Å²) in [5.41, 5.74) is 6.51. The van der Waals surface area contributed by atoms with Gasteiger partial charge in [-0.1, -0.05) is 23.8 Å². The van der Waals surface area contributed by atoms with Crippen molar-refractivity contribution in [2.75, 3.05) is 5.32 Å². The molecular weight excluding hydrogens is 304 g/mol. The third kappa shape index (κ3) is 2.69. The van der Waals surface area contributed by atoms with Crippen LogP contribution in [0.1, 0.15) is 11.1 Å². The molecule has 120 valence electrons. The van der Waals surface area contributed by atoms with Crippen molar-refractivity contribution in [2.24, 2.45) is 0 Å². The van der Waals surface area contributed by atoms with Crippen molar-refractivity contribution in [3.63, 3.8) is 0 Å². The zero-order chi connectivity index (χ0) is 16.5. The summed E-state index contributed by atoms with van der Waals surface area (Å²) in [4.78, 5) is 13.9. The third-order valence-corrected chi connectivity index (χ3v) is 3.93. The number of hydrogen-bond acceptors (Lipinski definition) is 4. The van der Waals surface area contributed by atoms with E-state index in [2.05, 4.69) is 45.6 Å². The number of nitrogens with zero attached hydrogens (tertiary/aromatic N) is 1. The normalized spacial score (nSPS) is 11.0. The van der Waals surface area contributed by atoms with E-state index in [9.17, 15) is 4.79 Å². The molecule has 6 nitrogen and oxygen atoms in total. The number of aromatic amines is 2. The molecule has 0 fully saturated rings. The molecule has 2 aromatic carbocycles. The van der Waals surface area contributed by atoms with E-state index in [1.54, 1.807) is 6.07 Å². The molecule has 0 aliphatic carbocycles. The van der Waals surface area contributed by atoms with Crippen LogP contribution in [-0.4, -0.2) is 15.2 Å². The lowest BCUT2D eigenvalue weighted by molar-refractivity contribution is 0.555. The van der Waals surface area contributed by atoms with Gasteiger partial charge in [-0.05, 0) is 31.2 Å². The van der Waals surface area contributed by atoms with E-state index in [0.29, 0.717) is 17.6 Å². The monoisotopic (exact) mass is 320 g/mol. The Morgan fingerprint density at radius 2 is 2.12 bits per heavy atom. The van der Waals surface area contributed by atoms with Gasteiger partial charge in [0.2, 0.25) is 0 Å². The summed E-state index contributed by atoms with van der Waals surface area (Å²) in [6.45, 7) is 2.69.